The lowest BCUT2D eigenvalue weighted by molar-refractivity contribution is -0.115. The van der Waals surface area contributed by atoms with Gasteiger partial charge < -0.3 is 10.1 Å². The largest absolute Gasteiger partial charge is 0.465 e. The average molecular weight is 467 g/mol. The molecule has 0 bridgehead atoms. The van der Waals surface area contributed by atoms with Crippen molar-refractivity contribution in [2.24, 2.45) is 0 Å². The number of thiophene rings is 1. The Labute approximate surface area is 193 Å². The van der Waals surface area contributed by atoms with E-state index in [1.165, 1.54) is 35.1 Å². The maximum absolute atomic E-state index is 12.7. The molecule has 0 aliphatic heterocycles. The van der Waals surface area contributed by atoms with Crippen LogP contribution in [0.25, 0.3) is 16.6 Å². The number of anilines is 1. The Morgan fingerprint density at radius 1 is 1.16 bits per heavy atom. The molecule has 0 saturated carbocycles. The smallest absolute Gasteiger partial charge is 0.341 e. The van der Waals surface area contributed by atoms with Crippen molar-refractivity contribution in [1.82, 2.24) is 14.6 Å². The number of nitrogens with zero attached hydrogens (tertiary/aromatic N) is 3. The summed E-state index contributed by atoms with van der Waals surface area (Å²) in [5.41, 5.74) is 3.39. The molecule has 3 aromatic heterocycles. The summed E-state index contributed by atoms with van der Waals surface area (Å²) in [6.07, 6.45) is 4.27. The van der Waals surface area contributed by atoms with Gasteiger partial charge >= 0.3 is 5.97 Å². The van der Waals surface area contributed by atoms with Crippen LogP contribution in [0.3, 0.4) is 0 Å². The van der Waals surface area contributed by atoms with E-state index in [-0.39, 0.29) is 11.9 Å². The summed E-state index contributed by atoms with van der Waals surface area (Å²) in [5.74, 6) is 0.0462. The number of thioether (sulfide) groups is 1. The molecular formula is C23H22N4O3S2. The molecule has 0 radical (unpaired) electrons. The highest BCUT2D eigenvalue weighted by Crippen LogP contribution is 2.38. The van der Waals surface area contributed by atoms with Gasteiger partial charge in [0.15, 0.2) is 10.8 Å². The van der Waals surface area contributed by atoms with Crippen molar-refractivity contribution in [3.8, 4) is 0 Å². The second kappa shape index (κ2) is 8.91. The van der Waals surface area contributed by atoms with Gasteiger partial charge in [-0.15, -0.1) is 21.5 Å². The molecule has 4 aromatic rings. The first-order valence-corrected chi connectivity index (χ1v) is 12.3. The van der Waals surface area contributed by atoms with Gasteiger partial charge in [-0.2, -0.15) is 0 Å². The van der Waals surface area contributed by atoms with Gasteiger partial charge in [0, 0.05) is 17.1 Å². The van der Waals surface area contributed by atoms with E-state index < -0.39 is 0 Å². The molecule has 0 atom stereocenters. The maximum atomic E-state index is 12.7. The van der Waals surface area contributed by atoms with Gasteiger partial charge in [0.1, 0.15) is 5.00 Å². The van der Waals surface area contributed by atoms with E-state index in [0.29, 0.717) is 22.7 Å². The SMILES string of the molecule is COC(=O)c1c(NC(=O)CCSc2nnc3ccc4ccccc4n23)sc2c1CCCC2. The molecule has 1 aromatic carbocycles. The molecule has 164 valence electrons. The van der Waals surface area contributed by atoms with Crippen molar-refractivity contribution in [3.63, 3.8) is 0 Å². The molecule has 7 nitrogen and oxygen atoms in total. The number of aryl methyl sites for hydroxylation is 1. The van der Waals surface area contributed by atoms with Crippen LogP contribution in [0.1, 0.15) is 40.1 Å². The van der Waals surface area contributed by atoms with Crippen LogP contribution in [0.15, 0.2) is 41.6 Å². The van der Waals surface area contributed by atoms with Crippen molar-refractivity contribution < 1.29 is 14.3 Å². The van der Waals surface area contributed by atoms with Gasteiger partial charge in [0.05, 0.1) is 18.2 Å². The number of hydrogen-bond donors (Lipinski definition) is 1. The molecule has 9 heteroatoms. The first kappa shape index (κ1) is 21.0. The maximum Gasteiger partial charge on any atom is 0.341 e. The summed E-state index contributed by atoms with van der Waals surface area (Å²) in [7, 11) is 1.38. The highest BCUT2D eigenvalue weighted by molar-refractivity contribution is 7.99. The fourth-order valence-corrected chi connectivity index (χ4v) is 6.28. The van der Waals surface area contributed by atoms with Crippen LogP contribution < -0.4 is 5.32 Å². The Hall–Kier alpha value is -2.91. The molecule has 3 heterocycles. The fraction of sp³-hybridized carbons (Fsp3) is 0.304. The Morgan fingerprint density at radius 2 is 2.00 bits per heavy atom. The van der Waals surface area contributed by atoms with Crippen LogP contribution in [0.5, 0.6) is 0 Å². The predicted octanol–water partition coefficient (Wildman–Crippen LogP) is 4.73. The predicted molar refractivity (Wildman–Crippen MR) is 127 cm³/mol. The topological polar surface area (TPSA) is 85.6 Å². The average Bonchev–Trinajstić information content (AvgIpc) is 3.39. The van der Waals surface area contributed by atoms with Gasteiger partial charge in [-0.25, -0.2) is 4.79 Å². The van der Waals surface area contributed by atoms with E-state index in [1.807, 2.05) is 34.7 Å². The number of esters is 1. The number of carbonyl (C=O) groups is 2. The number of amides is 1. The number of benzene rings is 1. The molecule has 0 unspecified atom stereocenters. The number of ether oxygens (including phenoxy) is 1. The first-order valence-electron chi connectivity index (χ1n) is 10.5. The molecule has 0 spiro atoms. The van der Waals surface area contributed by atoms with Crippen molar-refractivity contribution >= 4 is 56.5 Å². The normalized spacial score (nSPS) is 13.3. The number of carbonyl (C=O) groups excluding carboxylic acids is 2. The number of pyridine rings is 1. The van der Waals surface area contributed by atoms with Crippen molar-refractivity contribution in [2.75, 3.05) is 18.2 Å². The molecule has 0 saturated heterocycles. The summed E-state index contributed by atoms with van der Waals surface area (Å²) in [5, 5.41) is 14.0. The van der Waals surface area contributed by atoms with Gasteiger partial charge in [0.2, 0.25) is 5.91 Å². The van der Waals surface area contributed by atoms with Crippen molar-refractivity contribution in [2.45, 2.75) is 37.3 Å². The minimum absolute atomic E-state index is 0.125. The zero-order valence-corrected chi connectivity index (χ0v) is 19.2. The van der Waals surface area contributed by atoms with Crippen LogP contribution in [0.2, 0.25) is 0 Å². The van der Waals surface area contributed by atoms with Crippen LogP contribution >= 0.6 is 23.1 Å². The Kier molecular flexibility index (Phi) is 5.84. The summed E-state index contributed by atoms with van der Waals surface area (Å²) in [6.45, 7) is 0. The number of hydrogen-bond acceptors (Lipinski definition) is 7. The molecule has 0 fully saturated rings. The Bertz CT molecular complexity index is 1330. The molecule has 1 N–H and O–H groups in total. The third kappa shape index (κ3) is 3.86. The van der Waals surface area contributed by atoms with Gasteiger partial charge in [-0.05, 0) is 54.8 Å². The zero-order chi connectivity index (χ0) is 22.1. The quantitative estimate of drug-likeness (QED) is 0.327. The number of rotatable bonds is 6. The molecular weight excluding hydrogens is 444 g/mol. The van der Waals surface area contributed by atoms with Gasteiger partial charge in [0.25, 0.3) is 0 Å². The van der Waals surface area contributed by atoms with E-state index in [0.717, 1.165) is 53.0 Å². The lowest BCUT2D eigenvalue weighted by Gasteiger charge is -2.11. The highest BCUT2D eigenvalue weighted by Gasteiger charge is 2.26. The zero-order valence-electron chi connectivity index (χ0n) is 17.6. The summed E-state index contributed by atoms with van der Waals surface area (Å²) in [6, 6.07) is 12.1. The number of fused-ring (bicyclic) bond motifs is 4. The summed E-state index contributed by atoms with van der Waals surface area (Å²) < 4.78 is 7.00. The minimum Gasteiger partial charge on any atom is -0.465 e. The van der Waals surface area contributed by atoms with Crippen molar-refractivity contribution in [1.29, 1.82) is 0 Å². The minimum atomic E-state index is -0.379. The van der Waals surface area contributed by atoms with Crippen LogP contribution in [0, 0.1) is 0 Å². The second-order valence-electron chi connectivity index (χ2n) is 7.62. The monoisotopic (exact) mass is 466 g/mol. The first-order chi connectivity index (χ1) is 15.7. The number of aromatic nitrogens is 3. The lowest BCUT2D eigenvalue weighted by Crippen LogP contribution is -2.15. The lowest BCUT2D eigenvalue weighted by atomic mass is 9.95. The van der Waals surface area contributed by atoms with Gasteiger partial charge in [-0.1, -0.05) is 30.0 Å². The number of methoxy groups -OCH3 is 1. The number of para-hydroxylation sites is 1. The van der Waals surface area contributed by atoms with E-state index in [2.05, 4.69) is 21.6 Å². The second-order valence-corrected chi connectivity index (χ2v) is 9.79. The van der Waals surface area contributed by atoms with Crippen LogP contribution in [0.4, 0.5) is 5.00 Å². The molecule has 1 aliphatic carbocycles. The van der Waals surface area contributed by atoms with E-state index in [1.54, 1.807) is 0 Å². The number of nitrogens with one attached hydrogen (secondary N) is 1. The van der Waals surface area contributed by atoms with Crippen LogP contribution in [-0.4, -0.2) is 39.3 Å². The Morgan fingerprint density at radius 3 is 2.88 bits per heavy atom. The van der Waals surface area contributed by atoms with E-state index in [9.17, 15) is 9.59 Å². The highest BCUT2D eigenvalue weighted by atomic mass is 32.2. The third-order valence-electron chi connectivity index (χ3n) is 5.62. The standard InChI is InChI=1S/C23H22N4O3S2/c1-30-22(29)20-15-7-3-5-9-17(15)32-21(20)24-19(28)12-13-31-23-26-25-18-11-10-14-6-2-4-8-16(14)27(18)23/h2,4,6,8,10-11H,3,5,7,9,12-13H2,1H3,(H,24,28). The van der Waals surface area contributed by atoms with E-state index in [4.69, 9.17) is 4.74 Å². The summed E-state index contributed by atoms with van der Waals surface area (Å²) >= 11 is 3.00. The fourth-order valence-electron chi connectivity index (χ4n) is 4.10. The molecule has 1 aliphatic rings. The molecule has 32 heavy (non-hydrogen) atoms. The van der Waals surface area contributed by atoms with Crippen LogP contribution in [-0.2, 0) is 22.4 Å². The molecule has 5 rings (SSSR count). The third-order valence-corrected chi connectivity index (χ3v) is 7.76. The Balaban J connectivity index is 1.29. The van der Waals surface area contributed by atoms with E-state index >= 15 is 0 Å². The molecule has 1 amide bonds. The van der Waals surface area contributed by atoms with Crippen molar-refractivity contribution in [3.05, 3.63) is 52.4 Å². The van der Waals surface area contributed by atoms with Gasteiger partial charge in [-0.3, -0.25) is 9.20 Å². The summed E-state index contributed by atoms with van der Waals surface area (Å²) in [4.78, 5) is 26.2.